The number of carbonyl (C=O) groups excluding carboxylic acids is 2. The van der Waals surface area contributed by atoms with E-state index in [9.17, 15) is 18.0 Å². The summed E-state index contributed by atoms with van der Waals surface area (Å²) in [6.07, 6.45) is 3.89. The lowest BCUT2D eigenvalue weighted by Gasteiger charge is -2.32. The van der Waals surface area contributed by atoms with E-state index in [2.05, 4.69) is 5.32 Å². The summed E-state index contributed by atoms with van der Waals surface area (Å²) in [6.45, 7) is 3.08. The quantitative estimate of drug-likeness (QED) is 0.175. The number of hydrogen-bond donors (Lipinski definition) is 1. The predicted octanol–water partition coefficient (Wildman–Crippen LogP) is 7.11. The number of amides is 2. The highest BCUT2D eigenvalue weighted by Crippen LogP contribution is 2.29. The monoisotopic (exact) mass is 659 g/mol. The average Bonchev–Trinajstić information content (AvgIpc) is 3.56. The lowest BCUT2D eigenvalue weighted by molar-refractivity contribution is -0.139. The molecule has 0 bridgehead atoms. The summed E-state index contributed by atoms with van der Waals surface area (Å²) in [6, 6.07) is 28.5. The number of benzene rings is 4. The summed E-state index contributed by atoms with van der Waals surface area (Å²) < 4.78 is 35.3. The topological polar surface area (TPSA) is 96.0 Å². The number of ether oxygens (including phenoxy) is 1. The minimum atomic E-state index is -4.19. The summed E-state index contributed by atoms with van der Waals surface area (Å²) in [5.74, 6) is 0.330. The number of carbonyl (C=O) groups is 2. The number of para-hydroxylation sites is 1. The molecule has 1 atom stereocenters. The summed E-state index contributed by atoms with van der Waals surface area (Å²) in [7, 11) is -4.19. The van der Waals surface area contributed by atoms with Crippen LogP contribution in [0.2, 0.25) is 5.02 Å². The molecule has 0 heterocycles. The van der Waals surface area contributed by atoms with Crippen LogP contribution in [0.1, 0.15) is 43.7 Å². The molecule has 1 aliphatic rings. The van der Waals surface area contributed by atoms with E-state index in [-0.39, 0.29) is 29.1 Å². The zero-order chi connectivity index (χ0) is 32.7. The fourth-order valence-electron chi connectivity index (χ4n) is 5.48. The van der Waals surface area contributed by atoms with Crippen molar-refractivity contribution in [2.75, 3.05) is 10.8 Å². The van der Waals surface area contributed by atoms with E-state index in [1.54, 1.807) is 61.5 Å². The third-order valence-electron chi connectivity index (χ3n) is 8.10. The third-order valence-corrected chi connectivity index (χ3v) is 10.1. The van der Waals surface area contributed by atoms with Crippen molar-refractivity contribution >= 4 is 39.1 Å². The second-order valence-corrected chi connectivity index (χ2v) is 13.8. The van der Waals surface area contributed by atoms with Crippen LogP contribution in [-0.2, 0) is 26.2 Å². The maximum atomic E-state index is 14.2. The van der Waals surface area contributed by atoms with Crippen LogP contribution in [0.25, 0.3) is 0 Å². The number of sulfonamides is 1. The number of hydrogen-bond acceptors (Lipinski definition) is 5. The highest BCUT2D eigenvalue weighted by atomic mass is 35.5. The highest BCUT2D eigenvalue weighted by Gasteiger charge is 2.33. The van der Waals surface area contributed by atoms with E-state index >= 15 is 0 Å². The van der Waals surface area contributed by atoms with Gasteiger partial charge in [-0.2, -0.15) is 0 Å². The second kappa shape index (κ2) is 14.8. The Labute approximate surface area is 276 Å². The Morgan fingerprint density at radius 1 is 0.891 bits per heavy atom. The molecule has 0 spiro atoms. The molecule has 1 fully saturated rings. The van der Waals surface area contributed by atoms with Crippen LogP contribution in [0.3, 0.4) is 0 Å². The Morgan fingerprint density at radius 2 is 1.54 bits per heavy atom. The van der Waals surface area contributed by atoms with E-state index in [0.717, 1.165) is 41.1 Å². The molecule has 0 aliphatic heterocycles. The molecule has 8 nitrogen and oxygen atoms in total. The first-order valence-corrected chi connectivity index (χ1v) is 17.2. The standard InChI is InChI=1S/C36H38ClN3O5S/c1-26-15-21-34(22-16-26)46(43,44)40(31-17-19-33(20-18-31)45-32-13-4-3-5-14-32)25-35(41)39(24-28-9-8-10-29(37)23-28)27(2)36(42)38-30-11-6-7-12-30/h3-5,8-10,13-23,27,30H,6-7,11-12,24-25H2,1-2H3,(H,38,42)/t27-/m1/s1. The van der Waals surface area contributed by atoms with E-state index < -0.39 is 28.5 Å². The molecule has 2 amide bonds. The summed E-state index contributed by atoms with van der Waals surface area (Å²) in [5.41, 5.74) is 1.90. The molecule has 1 aliphatic carbocycles. The molecular formula is C36H38ClN3O5S. The van der Waals surface area contributed by atoms with Crippen LogP contribution >= 0.6 is 11.6 Å². The van der Waals surface area contributed by atoms with Gasteiger partial charge in [-0.15, -0.1) is 0 Å². The average molecular weight is 660 g/mol. The zero-order valence-corrected chi connectivity index (χ0v) is 27.5. The van der Waals surface area contributed by atoms with Crippen molar-refractivity contribution in [1.82, 2.24) is 10.2 Å². The van der Waals surface area contributed by atoms with Gasteiger partial charge in [0, 0.05) is 17.6 Å². The second-order valence-electron chi connectivity index (χ2n) is 11.6. The molecule has 5 rings (SSSR count). The Bertz CT molecular complexity index is 1740. The molecule has 1 saturated carbocycles. The largest absolute Gasteiger partial charge is 0.457 e. The van der Waals surface area contributed by atoms with Crippen molar-refractivity contribution in [1.29, 1.82) is 0 Å². The van der Waals surface area contributed by atoms with Crippen LogP contribution in [0.4, 0.5) is 5.69 Å². The van der Waals surface area contributed by atoms with Gasteiger partial charge in [-0.1, -0.05) is 72.5 Å². The Balaban J connectivity index is 1.47. The number of nitrogens with one attached hydrogen (secondary N) is 1. The molecule has 4 aromatic carbocycles. The molecule has 1 N–H and O–H groups in total. The van der Waals surface area contributed by atoms with Crippen molar-refractivity contribution in [3.05, 3.63) is 119 Å². The van der Waals surface area contributed by atoms with Gasteiger partial charge in [0.05, 0.1) is 10.6 Å². The van der Waals surface area contributed by atoms with E-state index in [0.29, 0.717) is 16.5 Å². The first-order chi connectivity index (χ1) is 22.1. The number of halogens is 1. The summed E-state index contributed by atoms with van der Waals surface area (Å²) in [5, 5.41) is 3.57. The van der Waals surface area contributed by atoms with Gasteiger partial charge >= 0.3 is 0 Å². The maximum absolute atomic E-state index is 14.2. The molecule has 0 radical (unpaired) electrons. The van der Waals surface area contributed by atoms with Gasteiger partial charge in [-0.25, -0.2) is 8.42 Å². The van der Waals surface area contributed by atoms with Gasteiger partial charge in [0.15, 0.2) is 0 Å². The third kappa shape index (κ3) is 8.27. The summed E-state index contributed by atoms with van der Waals surface area (Å²) >= 11 is 6.25. The van der Waals surface area contributed by atoms with Gasteiger partial charge in [0.2, 0.25) is 11.8 Å². The molecule has 0 unspecified atom stereocenters. The molecule has 46 heavy (non-hydrogen) atoms. The number of anilines is 1. The minimum absolute atomic E-state index is 0.0453. The van der Waals surface area contributed by atoms with Crippen molar-refractivity contribution in [2.45, 2.75) is 63.1 Å². The highest BCUT2D eigenvalue weighted by molar-refractivity contribution is 7.92. The fourth-order valence-corrected chi connectivity index (χ4v) is 7.10. The smallest absolute Gasteiger partial charge is 0.264 e. The molecule has 4 aromatic rings. The first-order valence-electron chi connectivity index (χ1n) is 15.4. The van der Waals surface area contributed by atoms with Crippen LogP contribution in [-0.4, -0.2) is 43.8 Å². The van der Waals surface area contributed by atoms with Crippen molar-refractivity contribution in [2.24, 2.45) is 0 Å². The molecule has 10 heteroatoms. The van der Waals surface area contributed by atoms with Gasteiger partial charge < -0.3 is 15.0 Å². The van der Waals surface area contributed by atoms with Crippen LogP contribution in [0, 0.1) is 6.92 Å². The molecular weight excluding hydrogens is 622 g/mol. The molecule has 0 aromatic heterocycles. The zero-order valence-electron chi connectivity index (χ0n) is 25.9. The predicted molar refractivity (Wildman–Crippen MR) is 181 cm³/mol. The lowest BCUT2D eigenvalue weighted by atomic mass is 10.1. The van der Waals surface area contributed by atoms with Gasteiger partial charge in [-0.05, 0) is 92.9 Å². The van der Waals surface area contributed by atoms with Crippen LogP contribution < -0.4 is 14.4 Å². The molecule has 240 valence electrons. The van der Waals surface area contributed by atoms with Crippen molar-refractivity contribution < 1.29 is 22.7 Å². The number of aryl methyl sites for hydroxylation is 1. The van der Waals surface area contributed by atoms with Crippen LogP contribution in [0.15, 0.2) is 108 Å². The minimum Gasteiger partial charge on any atom is -0.457 e. The number of nitrogens with zero attached hydrogens (tertiary/aromatic N) is 2. The van der Waals surface area contributed by atoms with E-state index in [1.807, 2.05) is 43.3 Å². The normalized spacial score (nSPS) is 14.0. The number of rotatable bonds is 12. The van der Waals surface area contributed by atoms with E-state index in [4.69, 9.17) is 16.3 Å². The first kappa shape index (κ1) is 33.0. The van der Waals surface area contributed by atoms with Crippen molar-refractivity contribution in [3.63, 3.8) is 0 Å². The fraction of sp³-hybridized carbons (Fsp3) is 0.278. The van der Waals surface area contributed by atoms with E-state index in [1.165, 1.54) is 17.0 Å². The Kier molecular flexibility index (Phi) is 10.7. The lowest BCUT2D eigenvalue weighted by Crippen LogP contribution is -2.52. The Morgan fingerprint density at radius 3 is 2.20 bits per heavy atom. The van der Waals surface area contributed by atoms with Gasteiger partial charge in [0.25, 0.3) is 10.0 Å². The molecule has 0 saturated heterocycles. The van der Waals surface area contributed by atoms with Crippen LogP contribution in [0.5, 0.6) is 11.5 Å². The summed E-state index contributed by atoms with van der Waals surface area (Å²) in [4.78, 5) is 29.1. The van der Waals surface area contributed by atoms with Gasteiger partial charge in [0.1, 0.15) is 24.1 Å². The van der Waals surface area contributed by atoms with Gasteiger partial charge in [-0.3, -0.25) is 13.9 Å². The Hall–Kier alpha value is -4.34. The SMILES string of the molecule is Cc1ccc(S(=O)(=O)N(CC(=O)N(Cc2cccc(Cl)c2)[C@H](C)C(=O)NC2CCCC2)c2ccc(Oc3ccccc3)cc2)cc1. The van der Waals surface area contributed by atoms with Crippen molar-refractivity contribution in [3.8, 4) is 11.5 Å². The maximum Gasteiger partial charge on any atom is 0.264 e.